The number of halogens is 3. The lowest BCUT2D eigenvalue weighted by atomic mass is 10.1. The number of hydrogen-bond donors (Lipinski definition) is 1. The zero-order valence-electron chi connectivity index (χ0n) is 17.0. The van der Waals surface area contributed by atoms with Crippen molar-refractivity contribution >= 4 is 17.6 Å². The van der Waals surface area contributed by atoms with Gasteiger partial charge in [-0.25, -0.2) is 9.97 Å². The maximum absolute atomic E-state index is 13.0. The fraction of sp³-hybridized carbons (Fsp3) is 0.429. The largest absolute Gasteiger partial charge is 0.468 e. The van der Waals surface area contributed by atoms with E-state index < -0.39 is 18.8 Å². The average Bonchev–Trinajstić information content (AvgIpc) is 3.50. The number of pyridine rings is 2. The van der Waals surface area contributed by atoms with Gasteiger partial charge in [0, 0.05) is 35.0 Å². The molecule has 10 heteroatoms. The van der Waals surface area contributed by atoms with Gasteiger partial charge in [0.25, 0.3) is 5.91 Å². The Labute approximate surface area is 176 Å². The summed E-state index contributed by atoms with van der Waals surface area (Å²) in [7, 11) is 0. The van der Waals surface area contributed by atoms with Gasteiger partial charge < -0.3 is 15.0 Å². The van der Waals surface area contributed by atoms with Crippen molar-refractivity contribution in [3.8, 4) is 5.88 Å². The number of ether oxygens (including phenoxy) is 1. The van der Waals surface area contributed by atoms with Crippen molar-refractivity contribution in [3.63, 3.8) is 0 Å². The molecule has 164 valence electrons. The van der Waals surface area contributed by atoms with Crippen LogP contribution in [-0.4, -0.2) is 39.5 Å². The van der Waals surface area contributed by atoms with Crippen molar-refractivity contribution in [3.05, 3.63) is 46.8 Å². The number of amides is 2. The molecule has 31 heavy (non-hydrogen) atoms. The Hall–Kier alpha value is -3.17. The second-order valence-corrected chi connectivity index (χ2v) is 7.85. The Morgan fingerprint density at radius 3 is 2.74 bits per heavy atom. The number of aryl methyl sites for hydroxylation is 1. The Bertz CT molecular complexity index is 1040. The molecule has 0 saturated heterocycles. The number of rotatable bonds is 6. The second kappa shape index (κ2) is 7.82. The first kappa shape index (κ1) is 21.1. The molecule has 0 radical (unpaired) electrons. The van der Waals surface area contributed by atoms with Crippen molar-refractivity contribution in [1.29, 1.82) is 0 Å². The molecular formula is C21H21F3N4O3. The van der Waals surface area contributed by atoms with Gasteiger partial charge in [-0.2, -0.15) is 13.2 Å². The second-order valence-electron chi connectivity index (χ2n) is 7.85. The molecule has 1 fully saturated rings. The third-order valence-electron chi connectivity index (χ3n) is 5.44. The van der Waals surface area contributed by atoms with Crippen LogP contribution < -0.4 is 10.1 Å². The molecule has 0 bridgehead atoms. The van der Waals surface area contributed by atoms with Crippen LogP contribution in [0.3, 0.4) is 0 Å². The Balaban J connectivity index is 1.51. The zero-order valence-corrected chi connectivity index (χ0v) is 17.0. The van der Waals surface area contributed by atoms with E-state index in [0.29, 0.717) is 28.1 Å². The minimum atomic E-state index is -4.45. The van der Waals surface area contributed by atoms with Crippen molar-refractivity contribution in [2.24, 2.45) is 5.92 Å². The molecule has 2 aliphatic rings. The molecule has 1 saturated carbocycles. The number of fused-ring (bicyclic) bond motifs is 1. The molecule has 2 amide bonds. The van der Waals surface area contributed by atoms with Crippen LogP contribution in [0.2, 0.25) is 0 Å². The summed E-state index contributed by atoms with van der Waals surface area (Å²) < 4.78 is 41.9. The third-order valence-corrected chi connectivity index (χ3v) is 5.44. The molecule has 0 spiro atoms. The van der Waals surface area contributed by atoms with Crippen molar-refractivity contribution in [2.75, 3.05) is 11.9 Å². The van der Waals surface area contributed by atoms with E-state index in [1.54, 1.807) is 24.0 Å². The number of nitrogens with zero attached hydrogens (tertiary/aromatic N) is 3. The predicted molar refractivity (Wildman–Crippen MR) is 104 cm³/mol. The van der Waals surface area contributed by atoms with Crippen LogP contribution in [0.15, 0.2) is 24.5 Å². The molecule has 7 nitrogen and oxygen atoms in total. The SMILES string of the molecule is Cc1cc(C(C)N2Cc3c(ccnc3NC(=O)C3CC3)C2=O)cnc1OCC(F)(F)F. The van der Waals surface area contributed by atoms with E-state index in [4.69, 9.17) is 4.74 Å². The van der Waals surface area contributed by atoms with Crippen LogP contribution in [0.25, 0.3) is 0 Å². The number of nitrogens with one attached hydrogen (secondary N) is 1. The topological polar surface area (TPSA) is 84.4 Å². The van der Waals surface area contributed by atoms with E-state index in [9.17, 15) is 22.8 Å². The van der Waals surface area contributed by atoms with Crippen LogP contribution in [-0.2, 0) is 11.3 Å². The van der Waals surface area contributed by atoms with Crippen LogP contribution in [0.4, 0.5) is 19.0 Å². The van der Waals surface area contributed by atoms with Crippen LogP contribution in [0, 0.1) is 12.8 Å². The summed E-state index contributed by atoms with van der Waals surface area (Å²) in [5, 5.41) is 2.82. The molecule has 1 atom stereocenters. The first-order chi connectivity index (χ1) is 14.6. The highest BCUT2D eigenvalue weighted by atomic mass is 19.4. The van der Waals surface area contributed by atoms with E-state index in [2.05, 4.69) is 15.3 Å². The highest BCUT2D eigenvalue weighted by Crippen LogP contribution is 2.36. The average molecular weight is 434 g/mol. The zero-order chi connectivity index (χ0) is 22.3. The van der Waals surface area contributed by atoms with Crippen molar-refractivity contribution < 1.29 is 27.5 Å². The number of alkyl halides is 3. The molecule has 2 aromatic heterocycles. The first-order valence-corrected chi connectivity index (χ1v) is 9.90. The van der Waals surface area contributed by atoms with Gasteiger partial charge in [-0.3, -0.25) is 9.59 Å². The van der Waals surface area contributed by atoms with Gasteiger partial charge in [0.05, 0.1) is 12.6 Å². The van der Waals surface area contributed by atoms with Crippen LogP contribution in [0.1, 0.15) is 52.9 Å². The summed E-state index contributed by atoms with van der Waals surface area (Å²) in [4.78, 5) is 35.0. The smallest absolute Gasteiger partial charge is 0.422 e. The standard InChI is InChI=1S/C21H21F3N4O3/c1-11-7-14(8-26-19(11)31-10-21(22,23)24)12(2)28-9-16-15(20(28)30)5-6-25-17(16)27-18(29)13-3-4-13/h5-8,12-13H,3-4,9-10H2,1-2H3,(H,25,27,29). The number of aromatic nitrogens is 2. The maximum Gasteiger partial charge on any atom is 0.422 e. The van der Waals surface area contributed by atoms with Gasteiger partial charge in [0.15, 0.2) is 6.61 Å². The van der Waals surface area contributed by atoms with E-state index in [1.807, 2.05) is 6.92 Å². The van der Waals surface area contributed by atoms with Gasteiger partial charge in [0.2, 0.25) is 11.8 Å². The summed E-state index contributed by atoms with van der Waals surface area (Å²) >= 11 is 0. The number of carbonyl (C=O) groups is 2. The van der Waals surface area contributed by atoms with Gasteiger partial charge in [0.1, 0.15) is 5.82 Å². The quantitative estimate of drug-likeness (QED) is 0.748. The van der Waals surface area contributed by atoms with Crippen molar-refractivity contribution in [1.82, 2.24) is 14.9 Å². The molecule has 4 rings (SSSR count). The number of carbonyl (C=O) groups excluding carboxylic acids is 2. The van der Waals surface area contributed by atoms with E-state index in [1.165, 1.54) is 12.4 Å². The van der Waals surface area contributed by atoms with Crippen molar-refractivity contribution in [2.45, 2.75) is 45.5 Å². The van der Waals surface area contributed by atoms with E-state index in [-0.39, 0.29) is 30.2 Å². The van der Waals surface area contributed by atoms with Gasteiger partial charge in [-0.15, -0.1) is 0 Å². The fourth-order valence-electron chi connectivity index (χ4n) is 3.53. The lowest BCUT2D eigenvalue weighted by Crippen LogP contribution is -2.27. The molecule has 1 N–H and O–H groups in total. The molecule has 1 aliphatic carbocycles. The minimum absolute atomic E-state index is 0.0110. The number of anilines is 1. The Morgan fingerprint density at radius 2 is 2.10 bits per heavy atom. The monoisotopic (exact) mass is 434 g/mol. The summed E-state index contributed by atoms with van der Waals surface area (Å²) in [6.07, 6.45) is 0.171. The molecule has 1 unspecified atom stereocenters. The Kier molecular flexibility index (Phi) is 5.32. The van der Waals surface area contributed by atoms with Gasteiger partial charge in [-0.05, 0) is 44.4 Å². The van der Waals surface area contributed by atoms with Crippen LogP contribution >= 0.6 is 0 Å². The third kappa shape index (κ3) is 4.47. The maximum atomic E-state index is 13.0. The lowest BCUT2D eigenvalue weighted by molar-refractivity contribution is -0.154. The molecule has 0 aromatic carbocycles. The molecule has 1 aliphatic heterocycles. The predicted octanol–water partition coefficient (Wildman–Crippen LogP) is 3.79. The van der Waals surface area contributed by atoms with Gasteiger partial charge >= 0.3 is 6.18 Å². The summed E-state index contributed by atoms with van der Waals surface area (Å²) in [5.74, 6) is 0.00847. The summed E-state index contributed by atoms with van der Waals surface area (Å²) in [5.41, 5.74) is 2.23. The summed E-state index contributed by atoms with van der Waals surface area (Å²) in [6.45, 7) is 2.25. The molecular weight excluding hydrogens is 413 g/mol. The van der Waals surface area contributed by atoms with Gasteiger partial charge in [-0.1, -0.05) is 0 Å². The number of hydrogen-bond acceptors (Lipinski definition) is 5. The van der Waals surface area contributed by atoms with E-state index >= 15 is 0 Å². The minimum Gasteiger partial charge on any atom is -0.468 e. The summed E-state index contributed by atoms with van der Waals surface area (Å²) in [6, 6.07) is 2.89. The Morgan fingerprint density at radius 1 is 1.35 bits per heavy atom. The fourth-order valence-corrected chi connectivity index (χ4v) is 3.53. The lowest BCUT2D eigenvalue weighted by Gasteiger charge is -2.25. The molecule has 2 aromatic rings. The highest BCUT2D eigenvalue weighted by molar-refractivity contribution is 6.02. The van der Waals surface area contributed by atoms with Crippen LogP contribution in [0.5, 0.6) is 5.88 Å². The first-order valence-electron chi connectivity index (χ1n) is 9.90. The van der Waals surface area contributed by atoms with E-state index in [0.717, 1.165) is 12.8 Å². The highest BCUT2D eigenvalue weighted by Gasteiger charge is 2.36. The normalized spacial score (nSPS) is 16.8. The molecule has 3 heterocycles.